The second-order valence-corrected chi connectivity index (χ2v) is 10.9. The molecule has 0 bridgehead atoms. The lowest BCUT2D eigenvalue weighted by molar-refractivity contribution is -0.141. The lowest BCUT2D eigenvalue weighted by Gasteiger charge is -2.24. The third-order valence-corrected chi connectivity index (χ3v) is 7.24. The van der Waals surface area contributed by atoms with Crippen LogP contribution in [-0.4, -0.2) is 107 Å². The number of carbonyl (C=O) groups excluding carboxylic acids is 4. The van der Waals surface area contributed by atoms with Gasteiger partial charge in [0.1, 0.15) is 18.1 Å². The normalized spacial score (nSPS) is 14.0. The van der Waals surface area contributed by atoms with Gasteiger partial charge in [-0.05, 0) is 51.5 Å². The van der Waals surface area contributed by atoms with Crippen LogP contribution in [-0.2, 0) is 30.4 Å². The second-order valence-electron chi connectivity index (χ2n) is 10.1. The molecule has 0 saturated carbocycles. The Morgan fingerprint density at radius 1 is 0.929 bits per heavy atom. The predicted molar refractivity (Wildman–Crippen MR) is 167 cm³/mol. The van der Waals surface area contributed by atoms with E-state index in [0.29, 0.717) is 6.42 Å². The van der Waals surface area contributed by atoms with Gasteiger partial charge in [-0.3, -0.25) is 19.2 Å². The lowest BCUT2D eigenvalue weighted by Crippen LogP contribution is -2.57. The number of H-pyrrole nitrogens is 1. The maximum Gasteiger partial charge on any atom is 0.327 e. The molecule has 0 radical (unpaired) electrons. The molecule has 232 valence electrons. The fraction of sp³-hybridized carbons (Fsp3) is 0.519. The average molecular weight is 624 g/mol. The van der Waals surface area contributed by atoms with Crippen molar-refractivity contribution in [2.24, 2.45) is 5.73 Å². The smallest absolute Gasteiger partial charge is 0.327 e. The van der Waals surface area contributed by atoms with E-state index >= 15 is 0 Å². The number of unbranched alkanes of at least 4 members (excludes halogenated alkanes) is 1. The van der Waals surface area contributed by atoms with E-state index in [1.54, 1.807) is 6.20 Å². The number of nitrogens with one attached hydrogen (secondary N) is 5. The Morgan fingerprint density at radius 2 is 1.60 bits per heavy atom. The molecule has 1 heterocycles. The van der Waals surface area contributed by atoms with E-state index in [1.807, 2.05) is 43.3 Å². The molecule has 15 heteroatoms. The molecule has 4 atom stereocenters. The minimum absolute atomic E-state index is 0.0550. The number of carbonyl (C=O) groups is 5. The predicted octanol–water partition coefficient (Wildman–Crippen LogP) is -0.716. The molecule has 0 unspecified atom stereocenters. The summed E-state index contributed by atoms with van der Waals surface area (Å²) in [5, 5.41) is 20.5. The summed E-state index contributed by atoms with van der Waals surface area (Å²) in [7, 11) is 3.85. The summed E-state index contributed by atoms with van der Waals surface area (Å²) in [6.45, 7) is 0.370. The molecular formula is C27H41N7O6S2. The van der Waals surface area contributed by atoms with Gasteiger partial charge < -0.3 is 42.0 Å². The number of hydrogen-bond acceptors (Lipinski definition) is 9. The molecule has 0 fully saturated rings. The van der Waals surface area contributed by atoms with Gasteiger partial charge in [0.15, 0.2) is 0 Å². The van der Waals surface area contributed by atoms with Crippen molar-refractivity contribution in [3.8, 4) is 0 Å². The quantitative estimate of drug-likeness (QED) is 0.0766. The van der Waals surface area contributed by atoms with Crippen LogP contribution in [0, 0.1) is 0 Å². The summed E-state index contributed by atoms with van der Waals surface area (Å²) in [6, 6.07) is 3.11. The number of nitrogens with zero attached hydrogens (tertiary/aromatic N) is 1. The number of benzene rings is 1. The van der Waals surface area contributed by atoms with E-state index in [0.717, 1.165) is 29.4 Å². The molecule has 2 aromatic rings. The molecule has 42 heavy (non-hydrogen) atoms. The van der Waals surface area contributed by atoms with E-state index in [-0.39, 0.29) is 24.3 Å². The summed E-state index contributed by atoms with van der Waals surface area (Å²) in [5.74, 6) is -3.81. The number of fused-ring (bicyclic) bond motifs is 1. The number of para-hydroxylation sites is 1. The number of carboxylic acids is 1. The molecule has 2 rings (SSSR count). The molecule has 1 aromatic heterocycles. The Bertz CT molecular complexity index is 1220. The van der Waals surface area contributed by atoms with Crippen LogP contribution >= 0.6 is 25.3 Å². The fourth-order valence-electron chi connectivity index (χ4n) is 4.13. The monoisotopic (exact) mass is 623 g/mol. The van der Waals surface area contributed by atoms with Crippen LogP contribution in [0.1, 0.15) is 24.8 Å². The molecule has 8 N–H and O–H groups in total. The minimum Gasteiger partial charge on any atom is -0.480 e. The molecule has 1 aromatic carbocycles. The molecular weight excluding hydrogens is 582 g/mol. The topological polar surface area (TPSA) is 199 Å². The van der Waals surface area contributed by atoms with Gasteiger partial charge in [0.25, 0.3) is 0 Å². The van der Waals surface area contributed by atoms with Crippen LogP contribution in [0.15, 0.2) is 30.5 Å². The largest absolute Gasteiger partial charge is 0.480 e. The molecule has 0 aliphatic heterocycles. The van der Waals surface area contributed by atoms with Crippen LogP contribution < -0.4 is 27.0 Å². The van der Waals surface area contributed by atoms with Gasteiger partial charge in [-0.1, -0.05) is 18.2 Å². The highest BCUT2D eigenvalue weighted by atomic mass is 32.1. The van der Waals surface area contributed by atoms with Gasteiger partial charge >= 0.3 is 5.97 Å². The lowest BCUT2D eigenvalue weighted by atomic mass is 10.0. The van der Waals surface area contributed by atoms with Crippen LogP contribution in [0.2, 0.25) is 0 Å². The highest BCUT2D eigenvalue weighted by Gasteiger charge is 2.30. The molecule has 13 nitrogen and oxygen atoms in total. The first-order valence-corrected chi connectivity index (χ1v) is 14.8. The summed E-state index contributed by atoms with van der Waals surface area (Å²) >= 11 is 7.98. The standard InChI is InChI=1S/C27H41N7O6S2/c1-34(2)10-6-5-9-20(31-23(35)13-30-24(36)18(28)14-41)25(37)32-21(26(38)33-22(15-42)27(39)40)11-16-12-29-19-8-4-3-7-17(16)19/h3-4,7-8,12,18,20-22,29,41-42H,5-6,9-11,13-15,28H2,1-2H3,(H,30,36)(H,31,35)(H,32,37)(H,33,38)(H,39,40)/t18-,20-,21-,22-/m0/s1. The van der Waals surface area contributed by atoms with Crippen molar-refractivity contribution >= 4 is 65.8 Å². The van der Waals surface area contributed by atoms with Crippen molar-refractivity contribution < 1.29 is 29.1 Å². The fourth-order valence-corrected chi connectivity index (χ4v) is 4.55. The van der Waals surface area contributed by atoms with Crippen LogP contribution in [0.25, 0.3) is 10.9 Å². The number of aromatic amines is 1. The SMILES string of the molecule is CN(C)CCCC[C@H](NC(=O)CNC(=O)[C@@H](N)CS)C(=O)N[C@@H](Cc1c[nH]c2ccccc12)C(=O)N[C@@H](CS)C(=O)O. The van der Waals surface area contributed by atoms with Crippen molar-refractivity contribution in [2.45, 2.75) is 49.9 Å². The number of rotatable bonds is 18. The summed E-state index contributed by atoms with van der Waals surface area (Å²) < 4.78 is 0. The Morgan fingerprint density at radius 3 is 2.24 bits per heavy atom. The maximum absolute atomic E-state index is 13.5. The van der Waals surface area contributed by atoms with E-state index in [4.69, 9.17) is 5.73 Å². The van der Waals surface area contributed by atoms with E-state index < -0.39 is 60.3 Å². The Kier molecular flexibility index (Phi) is 14.7. The molecule has 4 amide bonds. The van der Waals surface area contributed by atoms with Gasteiger partial charge in [0, 0.05) is 35.0 Å². The number of aliphatic carboxylic acids is 1. The van der Waals surface area contributed by atoms with Crippen LogP contribution in [0.5, 0.6) is 0 Å². The van der Waals surface area contributed by atoms with Crippen molar-refractivity contribution in [3.05, 3.63) is 36.0 Å². The maximum atomic E-state index is 13.5. The van der Waals surface area contributed by atoms with Crippen molar-refractivity contribution in [1.29, 1.82) is 0 Å². The van der Waals surface area contributed by atoms with E-state index in [9.17, 15) is 29.1 Å². The van der Waals surface area contributed by atoms with Crippen LogP contribution in [0.3, 0.4) is 0 Å². The Labute approximate surface area is 255 Å². The third kappa shape index (κ3) is 11.2. The van der Waals surface area contributed by atoms with E-state index in [2.05, 4.69) is 51.5 Å². The van der Waals surface area contributed by atoms with E-state index in [1.165, 1.54) is 0 Å². The van der Waals surface area contributed by atoms with Gasteiger partial charge in [-0.15, -0.1) is 0 Å². The van der Waals surface area contributed by atoms with Gasteiger partial charge in [0.2, 0.25) is 23.6 Å². The molecule has 0 aliphatic rings. The van der Waals surface area contributed by atoms with Gasteiger partial charge in [-0.25, -0.2) is 4.79 Å². The minimum atomic E-state index is -1.27. The zero-order chi connectivity index (χ0) is 31.2. The number of nitrogens with two attached hydrogens (primary N) is 1. The Hall–Kier alpha value is -3.27. The number of aromatic nitrogens is 1. The van der Waals surface area contributed by atoms with Crippen molar-refractivity contribution in [2.75, 3.05) is 38.7 Å². The van der Waals surface area contributed by atoms with Crippen molar-refractivity contribution in [3.63, 3.8) is 0 Å². The number of thiol groups is 2. The van der Waals surface area contributed by atoms with Gasteiger partial charge in [0.05, 0.1) is 12.6 Å². The molecule has 0 aliphatic carbocycles. The number of amides is 4. The first kappa shape index (κ1) is 34.9. The molecule has 0 spiro atoms. The Balaban J connectivity index is 2.24. The van der Waals surface area contributed by atoms with Crippen LogP contribution in [0.4, 0.5) is 0 Å². The zero-order valence-corrected chi connectivity index (χ0v) is 25.5. The zero-order valence-electron chi connectivity index (χ0n) is 23.8. The van der Waals surface area contributed by atoms with Crippen molar-refractivity contribution in [1.82, 2.24) is 31.2 Å². The molecule has 0 saturated heterocycles. The highest BCUT2D eigenvalue weighted by Crippen LogP contribution is 2.19. The highest BCUT2D eigenvalue weighted by molar-refractivity contribution is 7.80. The second kappa shape index (κ2) is 17.6. The summed E-state index contributed by atoms with van der Waals surface area (Å²) in [6.07, 6.45) is 3.39. The number of hydrogen-bond donors (Lipinski definition) is 9. The summed E-state index contributed by atoms with van der Waals surface area (Å²) in [4.78, 5) is 68.1. The average Bonchev–Trinajstić information content (AvgIpc) is 3.37. The summed E-state index contributed by atoms with van der Waals surface area (Å²) in [5.41, 5.74) is 7.19. The number of carboxylic acid groups (broad SMARTS) is 1. The third-order valence-electron chi connectivity index (χ3n) is 6.49. The van der Waals surface area contributed by atoms with Gasteiger partial charge in [-0.2, -0.15) is 25.3 Å². The first-order chi connectivity index (χ1) is 20.0. The first-order valence-electron chi connectivity index (χ1n) is 13.5.